The molecule has 0 saturated carbocycles. The quantitative estimate of drug-likeness (QED) is 0.887. The normalized spacial score (nSPS) is 13.5. The molecule has 7 heteroatoms. The van der Waals surface area contributed by atoms with Gasteiger partial charge in [-0.2, -0.15) is 0 Å². The van der Waals surface area contributed by atoms with Crippen molar-refractivity contribution in [1.29, 1.82) is 0 Å². The number of benzene rings is 2. The number of hydrogen-bond donors (Lipinski definition) is 2. The molecular formula is C16H14ClFN2O3. The maximum absolute atomic E-state index is 13.7. The molecule has 0 saturated heterocycles. The fraction of sp³-hybridized carbons (Fsp3) is 0.188. The van der Waals surface area contributed by atoms with Crippen LogP contribution < -0.4 is 20.1 Å². The minimum absolute atomic E-state index is 0.0600. The maximum atomic E-state index is 13.7. The van der Waals surface area contributed by atoms with Crippen LogP contribution >= 0.6 is 11.6 Å². The molecule has 2 aromatic carbocycles. The van der Waals surface area contributed by atoms with E-state index in [4.69, 9.17) is 21.1 Å². The molecule has 0 aromatic heterocycles. The average Bonchev–Trinajstić information content (AvgIpc) is 2.97. The Balaban J connectivity index is 1.65. The monoisotopic (exact) mass is 336 g/mol. The Kier molecular flexibility index (Phi) is 4.25. The van der Waals surface area contributed by atoms with Crippen molar-refractivity contribution in [3.63, 3.8) is 0 Å². The first-order valence-electron chi connectivity index (χ1n) is 6.95. The molecule has 1 unspecified atom stereocenters. The molecule has 5 nitrogen and oxygen atoms in total. The van der Waals surface area contributed by atoms with Crippen molar-refractivity contribution in [2.24, 2.45) is 0 Å². The fourth-order valence-corrected chi connectivity index (χ4v) is 2.37. The Morgan fingerprint density at radius 3 is 2.78 bits per heavy atom. The van der Waals surface area contributed by atoms with Crippen molar-refractivity contribution in [2.75, 3.05) is 12.1 Å². The third-order valence-electron chi connectivity index (χ3n) is 3.42. The van der Waals surface area contributed by atoms with Crippen LogP contribution in [0.2, 0.25) is 5.02 Å². The molecule has 23 heavy (non-hydrogen) atoms. The van der Waals surface area contributed by atoms with Gasteiger partial charge in [0.15, 0.2) is 11.5 Å². The van der Waals surface area contributed by atoms with E-state index in [9.17, 15) is 9.18 Å². The third kappa shape index (κ3) is 3.48. The number of carbonyl (C=O) groups excluding carboxylic acids is 1. The third-order valence-corrected chi connectivity index (χ3v) is 3.66. The second kappa shape index (κ2) is 6.34. The standard InChI is InChI=1S/C16H14ClFN2O3/c1-9(10-2-5-14-15(6-10)23-8-22-14)19-16(21)20-13-4-3-11(17)7-12(13)18/h2-7,9H,8H2,1H3,(H2,19,20,21). The van der Waals surface area contributed by atoms with E-state index in [0.717, 1.165) is 11.6 Å². The average molecular weight is 337 g/mol. The molecule has 0 radical (unpaired) electrons. The summed E-state index contributed by atoms with van der Waals surface area (Å²) in [7, 11) is 0. The zero-order valence-electron chi connectivity index (χ0n) is 12.2. The van der Waals surface area contributed by atoms with E-state index < -0.39 is 11.8 Å². The molecule has 1 atom stereocenters. The van der Waals surface area contributed by atoms with Crippen LogP contribution in [-0.4, -0.2) is 12.8 Å². The van der Waals surface area contributed by atoms with Crippen LogP contribution in [0.1, 0.15) is 18.5 Å². The first kappa shape index (κ1) is 15.4. The lowest BCUT2D eigenvalue weighted by atomic mass is 10.1. The molecular weight excluding hydrogens is 323 g/mol. The highest BCUT2D eigenvalue weighted by molar-refractivity contribution is 6.30. The summed E-state index contributed by atoms with van der Waals surface area (Å²) in [6.07, 6.45) is 0. The Morgan fingerprint density at radius 2 is 2.00 bits per heavy atom. The van der Waals surface area contributed by atoms with E-state index in [1.165, 1.54) is 12.1 Å². The van der Waals surface area contributed by atoms with Gasteiger partial charge >= 0.3 is 6.03 Å². The van der Waals surface area contributed by atoms with Gasteiger partial charge in [-0.15, -0.1) is 0 Å². The summed E-state index contributed by atoms with van der Waals surface area (Å²) in [5, 5.41) is 5.45. The van der Waals surface area contributed by atoms with Gasteiger partial charge in [0.05, 0.1) is 11.7 Å². The number of carbonyl (C=O) groups is 1. The number of nitrogens with one attached hydrogen (secondary N) is 2. The molecule has 1 heterocycles. The Bertz CT molecular complexity index is 754. The molecule has 1 aliphatic heterocycles. The van der Waals surface area contributed by atoms with Crippen LogP contribution in [0, 0.1) is 5.82 Å². The summed E-state index contributed by atoms with van der Waals surface area (Å²) in [5.41, 5.74) is 0.908. The highest BCUT2D eigenvalue weighted by Crippen LogP contribution is 2.34. The molecule has 0 bridgehead atoms. The highest BCUT2D eigenvalue weighted by atomic mass is 35.5. The Morgan fingerprint density at radius 1 is 1.22 bits per heavy atom. The summed E-state index contributed by atoms with van der Waals surface area (Å²) in [4.78, 5) is 12.0. The summed E-state index contributed by atoms with van der Waals surface area (Å²) in [6, 6.07) is 8.66. The summed E-state index contributed by atoms with van der Waals surface area (Å²) >= 11 is 5.67. The highest BCUT2D eigenvalue weighted by Gasteiger charge is 2.17. The van der Waals surface area contributed by atoms with Crippen molar-refractivity contribution in [1.82, 2.24) is 5.32 Å². The number of amides is 2. The zero-order chi connectivity index (χ0) is 16.4. The summed E-state index contributed by atoms with van der Waals surface area (Å²) < 4.78 is 24.2. The van der Waals surface area contributed by atoms with Crippen LogP contribution in [0.25, 0.3) is 0 Å². The van der Waals surface area contributed by atoms with Crippen molar-refractivity contribution >= 4 is 23.3 Å². The van der Waals surface area contributed by atoms with Gasteiger partial charge in [-0.1, -0.05) is 17.7 Å². The van der Waals surface area contributed by atoms with Gasteiger partial charge in [0, 0.05) is 5.02 Å². The zero-order valence-corrected chi connectivity index (χ0v) is 13.0. The molecule has 0 fully saturated rings. The SMILES string of the molecule is CC(NC(=O)Nc1ccc(Cl)cc1F)c1ccc2c(c1)OCO2. The lowest BCUT2D eigenvalue weighted by Crippen LogP contribution is -2.31. The van der Waals surface area contributed by atoms with Crippen molar-refractivity contribution in [3.8, 4) is 11.5 Å². The maximum Gasteiger partial charge on any atom is 0.319 e. The van der Waals surface area contributed by atoms with Crippen molar-refractivity contribution < 1.29 is 18.7 Å². The lowest BCUT2D eigenvalue weighted by Gasteiger charge is -2.16. The van der Waals surface area contributed by atoms with E-state index in [2.05, 4.69) is 10.6 Å². The smallest absolute Gasteiger partial charge is 0.319 e. The molecule has 1 aliphatic rings. The predicted molar refractivity (Wildman–Crippen MR) is 84.5 cm³/mol. The molecule has 2 aromatic rings. The number of fused-ring (bicyclic) bond motifs is 1. The van der Waals surface area contributed by atoms with Crippen LogP contribution in [0.3, 0.4) is 0 Å². The van der Waals surface area contributed by atoms with E-state index in [-0.39, 0.29) is 23.5 Å². The van der Waals surface area contributed by atoms with Crippen LogP contribution in [0.5, 0.6) is 11.5 Å². The van der Waals surface area contributed by atoms with Gasteiger partial charge in [-0.25, -0.2) is 9.18 Å². The topological polar surface area (TPSA) is 59.6 Å². The molecule has 3 rings (SSSR count). The van der Waals surface area contributed by atoms with Gasteiger partial charge < -0.3 is 20.1 Å². The van der Waals surface area contributed by atoms with Crippen molar-refractivity contribution in [2.45, 2.75) is 13.0 Å². The number of hydrogen-bond acceptors (Lipinski definition) is 3. The predicted octanol–water partition coefficient (Wildman–Crippen LogP) is 4.09. The van der Waals surface area contributed by atoms with Crippen molar-refractivity contribution in [3.05, 3.63) is 52.8 Å². The van der Waals surface area contributed by atoms with E-state index in [1.807, 2.05) is 13.0 Å². The van der Waals surface area contributed by atoms with Crippen LogP contribution in [0.15, 0.2) is 36.4 Å². The van der Waals surface area contributed by atoms with E-state index in [1.54, 1.807) is 12.1 Å². The Hall–Kier alpha value is -2.47. The number of anilines is 1. The fourth-order valence-electron chi connectivity index (χ4n) is 2.21. The second-order valence-electron chi connectivity index (χ2n) is 5.06. The molecule has 2 amide bonds. The van der Waals surface area contributed by atoms with Gasteiger partial charge in [-0.05, 0) is 42.8 Å². The number of halogens is 2. The van der Waals surface area contributed by atoms with Gasteiger partial charge in [0.1, 0.15) is 5.82 Å². The summed E-state index contributed by atoms with van der Waals surface area (Å²) in [5.74, 6) is 0.720. The number of rotatable bonds is 3. The van der Waals surface area contributed by atoms with Crippen LogP contribution in [-0.2, 0) is 0 Å². The molecule has 0 aliphatic carbocycles. The first-order valence-corrected chi connectivity index (χ1v) is 7.33. The molecule has 120 valence electrons. The summed E-state index contributed by atoms with van der Waals surface area (Å²) in [6.45, 7) is 2.01. The number of ether oxygens (including phenoxy) is 2. The largest absolute Gasteiger partial charge is 0.454 e. The van der Waals surface area contributed by atoms with Gasteiger partial charge in [0.25, 0.3) is 0 Å². The van der Waals surface area contributed by atoms with Gasteiger partial charge in [0.2, 0.25) is 6.79 Å². The minimum atomic E-state index is -0.594. The van der Waals surface area contributed by atoms with E-state index >= 15 is 0 Å². The van der Waals surface area contributed by atoms with E-state index in [0.29, 0.717) is 11.5 Å². The Labute approximate surface area is 137 Å². The van der Waals surface area contributed by atoms with Gasteiger partial charge in [-0.3, -0.25) is 0 Å². The molecule has 0 spiro atoms. The number of urea groups is 1. The second-order valence-corrected chi connectivity index (χ2v) is 5.49. The lowest BCUT2D eigenvalue weighted by molar-refractivity contribution is 0.174. The van der Waals surface area contributed by atoms with Crippen LogP contribution in [0.4, 0.5) is 14.9 Å². The molecule has 2 N–H and O–H groups in total. The first-order chi connectivity index (χ1) is 11.0. The minimum Gasteiger partial charge on any atom is -0.454 e.